The van der Waals surface area contributed by atoms with Crippen molar-refractivity contribution in [3.63, 3.8) is 0 Å². The summed E-state index contributed by atoms with van der Waals surface area (Å²) in [5.74, 6) is 2.29. The number of methoxy groups -OCH3 is 1. The molecule has 0 fully saturated rings. The molecular formula is C17H20N4O4S. The molecule has 3 rings (SSSR count). The van der Waals surface area contributed by atoms with Crippen LogP contribution in [0, 0.1) is 0 Å². The summed E-state index contributed by atoms with van der Waals surface area (Å²) >= 11 is 1.33. The molecule has 0 saturated heterocycles. The molecule has 0 spiro atoms. The Morgan fingerprint density at radius 3 is 3.08 bits per heavy atom. The number of nitrogens with one attached hydrogen (secondary N) is 1. The van der Waals surface area contributed by atoms with Gasteiger partial charge in [0, 0.05) is 20.2 Å². The lowest BCUT2D eigenvalue weighted by atomic mass is 10.2. The summed E-state index contributed by atoms with van der Waals surface area (Å²) in [7, 11) is 1.60. The van der Waals surface area contributed by atoms with Crippen LogP contribution < -0.4 is 14.8 Å². The van der Waals surface area contributed by atoms with E-state index in [1.807, 2.05) is 22.8 Å². The SMILES string of the molecule is C=CCn1c(COC)nnc1SCC(=O)NCc1ccc2c(c1)OCO2. The number of carbonyl (C=O) groups excluding carboxylic acids is 1. The summed E-state index contributed by atoms with van der Waals surface area (Å²) in [5, 5.41) is 11.8. The number of benzene rings is 1. The Morgan fingerprint density at radius 2 is 2.27 bits per heavy atom. The van der Waals surface area contributed by atoms with Gasteiger partial charge in [0.2, 0.25) is 12.7 Å². The van der Waals surface area contributed by atoms with Crippen LogP contribution in [0.25, 0.3) is 0 Å². The van der Waals surface area contributed by atoms with Crippen LogP contribution in [0.2, 0.25) is 0 Å². The van der Waals surface area contributed by atoms with E-state index in [9.17, 15) is 4.79 Å². The van der Waals surface area contributed by atoms with Gasteiger partial charge in [0.15, 0.2) is 22.5 Å². The Hall–Kier alpha value is -2.52. The molecular weight excluding hydrogens is 356 g/mol. The van der Waals surface area contributed by atoms with E-state index in [0.717, 1.165) is 11.3 Å². The summed E-state index contributed by atoms with van der Waals surface area (Å²) in [6.07, 6.45) is 1.76. The average molecular weight is 376 g/mol. The van der Waals surface area contributed by atoms with Crippen molar-refractivity contribution < 1.29 is 19.0 Å². The van der Waals surface area contributed by atoms with Gasteiger partial charge < -0.3 is 24.1 Å². The summed E-state index contributed by atoms with van der Waals surface area (Å²) < 4.78 is 17.6. The van der Waals surface area contributed by atoms with Gasteiger partial charge in [-0.1, -0.05) is 23.9 Å². The van der Waals surface area contributed by atoms with Gasteiger partial charge in [-0.2, -0.15) is 0 Å². The van der Waals surface area contributed by atoms with Crippen LogP contribution in [0.5, 0.6) is 11.5 Å². The number of ether oxygens (including phenoxy) is 3. The van der Waals surface area contributed by atoms with Crippen LogP contribution in [0.3, 0.4) is 0 Å². The smallest absolute Gasteiger partial charge is 0.231 e. The molecule has 2 aromatic rings. The third kappa shape index (κ3) is 4.36. The van der Waals surface area contributed by atoms with Gasteiger partial charge in [-0.05, 0) is 17.7 Å². The monoisotopic (exact) mass is 376 g/mol. The van der Waals surface area contributed by atoms with Gasteiger partial charge >= 0.3 is 0 Å². The van der Waals surface area contributed by atoms with E-state index in [-0.39, 0.29) is 18.5 Å². The highest BCUT2D eigenvalue weighted by atomic mass is 32.2. The zero-order valence-corrected chi connectivity index (χ0v) is 15.3. The lowest BCUT2D eigenvalue weighted by Crippen LogP contribution is -2.24. The normalized spacial score (nSPS) is 12.2. The van der Waals surface area contributed by atoms with E-state index in [1.54, 1.807) is 13.2 Å². The van der Waals surface area contributed by atoms with Crippen LogP contribution in [0.15, 0.2) is 36.0 Å². The second-order valence-electron chi connectivity index (χ2n) is 5.48. The molecule has 1 aromatic heterocycles. The summed E-state index contributed by atoms with van der Waals surface area (Å²) in [6.45, 7) is 5.31. The number of rotatable bonds is 9. The van der Waals surface area contributed by atoms with Gasteiger partial charge in [-0.15, -0.1) is 16.8 Å². The number of hydrogen-bond acceptors (Lipinski definition) is 7. The van der Waals surface area contributed by atoms with Gasteiger partial charge in [-0.3, -0.25) is 4.79 Å². The van der Waals surface area contributed by atoms with E-state index in [4.69, 9.17) is 14.2 Å². The van der Waals surface area contributed by atoms with Crippen molar-refractivity contribution in [1.29, 1.82) is 0 Å². The Bertz CT molecular complexity index is 793. The van der Waals surface area contributed by atoms with Crippen LogP contribution >= 0.6 is 11.8 Å². The average Bonchev–Trinajstić information content (AvgIpc) is 3.26. The first kappa shape index (κ1) is 18.3. The van der Waals surface area contributed by atoms with Crippen LogP contribution in [0.4, 0.5) is 0 Å². The van der Waals surface area contributed by atoms with Crippen LogP contribution in [0.1, 0.15) is 11.4 Å². The minimum absolute atomic E-state index is 0.0888. The molecule has 26 heavy (non-hydrogen) atoms. The molecule has 0 unspecified atom stereocenters. The molecule has 0 atom stereocenters. The molecule has 1 N–H and O–H groups in total. The standard InChI is InChI=1S/C17H20N4O4S/c1-3-6-21-15(9-23-2)19-20-17(21)26-10-16(22)18-8-12-4-5-13-14(7-12)25-11-24-13/h3-5,7H,1,6,8-11H2,2H3,(H,18,22). The Morgan fingerprint density at radius 1 is 1.42 bits per heavy atom. The molecule has 0 saturated carbocycles. The largest absolute Gasteiger partial charge is 0.454 e. The molecule has 138 valence electrons. The number of amides is 1. The molecule has 1 aliphatic rings. The Balaban J connectivity index is 1.52. The van der Waals surface area contributed by atoms with Gasteiger partial charge in [0.1, 0.15) is 6.61 Å². The number of allylic oxidation sites excluding steroid dienone is 1. The number of fused-ring (bicyclic) bond motifs is 1. The van der Waals surface area contributed by atoms with E-state index in [0.29, 0.717) is 36.4 Å². The fraction of sp³-hybridized carbons (Fsp3) is 0.353. The highest BCUT2D eigenvalue weighted by Gasteiger charge is 2.15. The van der Waals surface area contributed by atoms with Crippen molar-refractivity contribution in [3.8, 4) is 11.5 Å². The molecule has 2 heterocycles. The summed E-state index contributed by atoms with van der Waals surface area (Å²) in [4.78, 5) is 12.1. The summed E-state index contributed by atoms with van der Waals surface area (Å²) in [5.41, 5.74) is 0.949. The first-order chi connectivity index (χ1) is 12.7. The number of thioether (sulfide) groups is 1. The maximum absolute atomic E-state index is 12.1. The second-order valence-corrected chi connectivity index (χ2v) is 6.43. The minimum Gasteiger partial charge on any atom is -0.454 e. The van der Waals surface area contributed by atoms with Crippen molar-refractivity contribution in [2.24, 2.45) is 0 Å². The molecule has 8 nitrogen and oxygen atoms in total. The quantitative estimate of drug-likeness (QED) is 0.527. The van der Waals surface area contributed by atoms with Crippen molar-refractivity contribution >= 4 is 17.7 Å². The highest BCUT2D eigenvalue weighted by Crippen LogP contribution is 2.32. The number of nitrogens with zero attached hydrogens (tertiary/aromatic N) is 3. The fourth-order valence-corrected chi connectivity index (χ4v) is 3.20. The second kappa shape index (κ2) is 8.72. The highest BCUT2D eigenvalue weighted by molar-refractivity contribution is 7.99. The fourth-order valence-electron chi connectivity index (χ4n) is 2.41. The molecule has 0 radical (unpaired) electrons. The Kier molecular flexibility index (Phi) is 6.13. The summed E-state index contributed by atoms with van der Waals surface area (Å²) in [6, 6.07) is 5.61. The van der Waals surface area contributed by atoms with Gasteiger partial charge in [0.25, 0.3) is 0 Å². The maximum Gasteiger partial charge on any atom is 0.231 e. The van der Waals surface area contributed by atoms with Gasteiger partial charge in [0.05, 0.1) is 5.75 Å². The lowest BCUT2D eigenvalue weighted by molar-refractivity contribution is -0.118. The molecule has 1 aromatic carbocycles. The van der Waals surface area contributed by atoms with Crippen molar-refractivity contribution in [2.75, 3.05) is 19.7 Å². The van der Waals surface area contributed by atoms with Crippen molar-refractivity contribution in [2.45, 2.75) is 24.9 Å². The number of carbonyl (C=O) groups is 1. The first-order valence-corrected chi connectivity index (χ1v) is 8.99. The lowest BCUT2D eigenvalue weighted by Gasteiger charge is -2.08. The van der Waals surface area contributed by atoms with Crippen LogP contribution in [-0.2, 0) is 29.2 Å². The van der Waals surface area contributed by atoms with E-state index < -0.39 is 0 Å². The maximum atomic E-state index is 12.1. The predicted octanol–water partition coefficient (Wildman–Crippen LogP) is 1.75. The third-order valence-electron chi connectivity index (χ3n) is 3.64. The zero-order chi connectivity index (χ0) is 18.4. The minimum atomic E-state index is -0.0888. The van der Waals surface area contributed by atoms with Gasteiger partial charge in [-0.25, -0.2) is 0 Å². The first-order valence-electron chi connectivity index (χ1n) is 8.01. The van der Waals surface area contributed by atoms with Crippen molar-refractivity contribution in [1.82, 2.24) is 20.1 Å². The Labute approximate surface area is 155 Å². The molecule has 1 amide bonds. The molecule has 0 bridgehead atoms. The molecule has 0 aliphatic carbocycles. The van der Waals surface area contributed by atoms with E-state index >= 15 is 0 Å². The van der Waals surface area contributed by atoms with E-state index in [1.165, 1.54) is 11.8 Å². The van der Waals surface area contributed by atoms with Crippen molar-refractivity contribution in [3.05, 3.63) is 42.2 Å². The van der Waals surface area contributed by atoms with E-state index in [2.05, 4.69) is 22.1 Å². The zero-order valence-electron chi connectivity index (χ0n) is 14.4. The predicted molar refractivity (Wildman–Crippen MR) is 96.1 cm³/mol. The topological polar surface area (TPSA) is 87.5 Å². The van der Waals surface area contributed by atoms with Crippen LogP contribution in [-0.4, -0.2) is 40.3 Å². The molecule has 9 heteroatoms. The number of aromatic nitrogens is 3. The third-order valence-corrected chi connectivity index (χ3v) is 4.60. The molecule has 1 aliphatic heterocycles. The number of hydrogen-bond donors (Lipinski definition) is 1.